The van der Waals surface area contributed by atoms with Gasteiger partial charge in [-0.05, 0) is 5.56 Å². The third kappa shape index (κ3) is 3.30. The molecule has 0 amide bonds. The van der Waals surface area contributed by atoms with E-state index in [1.54, 1.807) is 0 Å². The largest absolute Gasteiger partial charge is 0.300 e. The van der Waals surface area contributed by atoms with Crippen LogP contribution in [-0.2, 0) is 9.59 Å². The number of carbonyl (C=O) groups is 2. The van der Waals surface area contributed by atoms with Crippen LogP contribution in [0.4, 0.5) is 0 Å². The number of benzene rings is 1. The first-order chi connectivity index (χ1) is 7.69. The van der Waals surface area contributed by atoms with Crippen LogP contribution in [0.25, 0.3) is 0 Å². The van der Waals surface area contributed by atoms with E-state index in [0.29, 0.717) is 19.3 Å². The summed E-state index contributed by atoms with van der Waals surface area (Å²) < 4.78 is 0. The van der Waals surface area contributed by atoms with Crippen LogP contribution in [0, 0.1) is 0 Å². The standard InChI is InChI=1S/C14H18O2/c1-3-12(15)10-13(14(16)4-2)11-8-6-5-7-9-11/h5-9,13H,3-4,10H2,1-2H3. The highest BCUT2D eigenvalue weighted by Crippen LogP contribution is 2.22. The second kappa shape index (κ2) is 6.21. The lowest BCUT2D eigenvalue weighted by molar-refractivity contribution is -0.125. The summed E-state index contributed by atoms with van der Waals surface area (Å²) in [4.78, 5) is 23.3. The first-order valence-corrected chi connectivity index (χ1v) is 5.78. The highest BCUT2D eigenvalue weighted by molar-refractivity contribution is 5.91. The van der Waals surface area contributed by atoms with E-state index in [1.165, 1.54) is 0 Å². The molecule has 0 aliphatic rings. The van der Waals surface area contributed by atoms with Crippen molar-refractivity contribution in [3.63, 3.8) is 0 Å². The van der Waals surface area contributed by atoms with E-state index in [-0.39, 0.29) is 17.5 Å². The van der Waals surface area contributed by atoms with Crippen molar-refractivity contribution in [1.82, 2.24) is 0 Å². The summed E-state index contributed by atoms with van der Waals surface area (Å²) in [5.74, 6) is 0.0438. The van der Waals surface area contributed by atoms with Crippen molar-refractivity contribution in [3.8, 4) is 0 Å². The topological polar surface area (TPSA) is 34.1 Å². The molecule has 0 saturated heterocycles. The van der Waals surface area contributed by atoms with E-state index >= 15 is 0 Å². The molecule has 0 fully saturated rings. The molecule has 16 heavy (non-hydrogen) atoms. The third-order valence-electron chi connectivity index (χ3n) is 2.77. The lowest BCUT2D eigenvalue weighted by Gasteiger charge is -2.14. The van der Waals surface area contributed by atoms with Crippen LogP contribution in [-0.4, -0.2) is 11.6 Å². The maximum Gasteiger partial charge on any atom is 0.140 e. The number of carbonyl (C=O) groups excluding carboxylic acids is 2. The molecular weight excluding hydrogens is 200 g/mol. The molecule has 2 heteroatoms. The molecule has 0 N–H and O–H groups in total. The van der Waals surface area contributed by atoms with Gasteiger partial charge in [0.05, 0.1) is 0 Å². The lowest BCUT2D eigenvalue weighted by atomic mass is 9.88. The maximum absolute atomic E-state index is 11.8. The third-order valence-corrected chi connectivity index (χ3v) is 2.77. The lowest BCUT2D eigenvalue weighted by Crippen LogP contribution is -2.15. The molecule has 0 aliphatic heterocycles. The van der Waals surface area contributed by atoms with E-state index in [0.717, 1.165) is 5.56 Å². The van der Waals surface area contributed by atoms with Crippen LogP contribution in [0.2, 0.25) is 0 Å². The molecule has 0 heterocycles. The zero-order chi connectivity index (χ0) is 12.0. The fourth-order valence-corrected chi connectivity index (χ4v) is 1.72. The van der Waals surface area contributed by atoms with Crippen molar-refractivity contribution < 1.29 is 9.59 Å². The number of Topliss-reactive ketones (excluding diaryl/α,β-unsaturated/α-hetero) is 2. The molecule has 0 aromatic heterocycles. The predicted octanol–water partition coefficient (Wildman–Crippen LogP) is 3.12. The molecular formula is C14H18O2. The fraction of sp³-hybridized carbons (Fsp3) is 0.429. The highest BCUT2D eigenvalue weighted by Gasteiger charge is 2.21. The van der Waals surface area contributed by atoms with Crippen LogP contribution in [0.1, 0.15) is 44.6 Å². The van der Waals surface area contributed by atoms with Gasteiger partial charge in [0.1, 0.15) is 11.6 Å². The minimum absolute atomic E-state index is 0.146. The average molecular weight is 218 g/mol. The monoisotopic (exact) mass is 218 g/mol. The van der Waals surface area contributed by atoms with Crippen LogP contribution >= 0.6 is 0 Å². The summed E-state index contributed by atoms with van der Waals surface area (Å²) in [5, 5.41) is 0. The van der Waals surface area contributed by atoms with Crippen LogP contribution in [0.3, 0.4) is 0 Å². The molecule has 2 nitrogen and oxygen atoms in total. The van der Waals surface area contributed by atoms with Gasteiger partial charge in [-0.2, -0.15) is 0 Å². The average Bonchev–Trinajstić information content (AvgIpc) is 2.35. The van der Waals surface area contributed by atoms with Crippen molar-refractivity contribution >= 4 is 11.6 Å². The van der Waals surface area contributed by atoms with Gasteiger partial charge in [-0.25, -0.2) is 0 Å². The van der Waals surface area contributed by atoms with Crippen molar-refractivity contribution in [3.05, 3.63) is 35.9 Å². The van der Waals surface area contributed by atoms with E-state index in [1.807, 2.05) is 44.2 Å². The number of hydrogen-bond acceptors (Lipinski definition) is 2. The normalized spacial score (nSPS) is 12.1. The van der Waals surface area contributed by atoms with Crippen molar-refractivity contribution in [2.45, 2.75) is 39.0 Å². The second-order valence-electron chi connectivity index (χ2n) is 3.88. The number of ketones is 2. The Morgan fingerprint density at radius 2 is 1.69 bits per heavy atom. The summed E-state index contributed by atoms with van der Waals surface area (Å²) in [6.07, 6.45) is 1.32. The van der Waals surface area contributed by atoms with E-state index in [9.17, 15) is 9.59 Å². The molecule has 1 rings (SSSR count). The SMILES string of the molecule is CCC(=O)CC(C(=O)CC)c1ccccc1. The molecule has 0 aliphatic carbocycles. The Balaban J connectivity index is 2.88. The minimum atomic E-state index is -0.251. The molecule has 86 valence electrons. The Morgan fingerprint density at radius 1 is 1.06 bits per heavy atom. The molecule has 0 spiro atoms. The zero-order valence-corrected chi connectivity index (χ0v) is 9.90. The zero-order valence-electron chi connectivity index (χ0n) is 9.90. The highest BCUT2D eigenvalue weighted by atomic mass is 16.1. The van der Waals surface area contributed by atoms with Crippen molar-refractivity contribution in [1.29, 1.82) is 0 Å². The predicted molar refractivity (Wildman–Crippen MR) is 64.4 cm³/mol. The summed E-state index contributed by atoms with van der Waals surface area (Å²) in [7, 11) is 0. The second-order valence-corrected chi connectivity index (χ2v) is 3.88. The Labute approximate surface area is 96.7 Å². The van der Waals surface area contributed by atoms with Gasteiger partial charge < -0.3 is 0 Å². The number of hydrogen-bond donors (Lipinski definition) is 0. The van der Waals surface area contributed by atoms with Gasteiger partial charge in [0.15, 0.2) is 0 Å². The van der Waals surface area contributed by atoms with Gasteiger partial charge in [-0.15, -0.1) is 0 Å². The quantitative estimate of drug-likeness (QED) is 0.735. The molecule has 0 bridgehead atoms. The molecule has 0 radical (unpaired) electrons. The van der Waals surface area contributed by atoms with Gasteiger partial charge in [0.25, 0.3) is 0 Å². The van der Waals surface area contributed by atoms with Crippen molar-refractivity contribution in [2.24, 2.45) is 0 Å². The molecule has 1 aromatic carbocycles. The molecule has 1 unspecified atom stereocenters. The Kier molecular flexibility index (Phi) is 4.90. The van der Waals surface area contributed by atoms with Gasteiger partial charge in [0.2, 0.25) is 0 Å². The Hall–Kier alpha value is -1.44. The van der Waals surface area contributed by atoms with Gasteiger partial charge in [-0.1, -0.05) is 44.2 Å². The summed E-state index contributed by atoms with van der Waals surface area (Å²) >= 11 is 0. The first kappa shape index (κ1) is 12.6. The summed E-state index contributed by atoms with van der Waals surface area (Å²) in [6, 6.07) is 9.56. The smallest absolute Gasteiger partial charge is 0.140 e. The van der Waals surface area contributed by atoms with E-state index < -0.39 is 0 Å². The van der Waals surface area contributed by atoms with E-state index in [4.69, 9.17) is 0 Å². The molecule has 0 saturated carbocycles. The van der Waals surface area contributed by atoms with Gasteiger partial charge >= 0.3 is 0 Å². The van der Waals surface area contributed by atoms with E-state index in [2.05, 4.69) is 0 Å². The summed E-state index contributed by atoms with van der Waals surface area (Å²) in [6.45, 7) is 3.68. The Bertz CT molecular complexity index is 354. The van der Waals surface area contributed by atoms with Gasteiger partial charge in [0, 0.05) is 25.2 Å². The van der Waals surface area contributed by atoms with Crippen LogP contribution in [0.15, 0.2) is 30.3 Å². The maximum atomic E-state index is 11.8. The van der Waals surface area contributed by atoms with Gasteiger partial charge in [-0.3, -0.25) is 9.59 Å². The minimum Gasteiger partial charge on any atom is -0.300 e. The fourth-order valence-electron chi connectivity index (χ4n) is 1.72. The summed E-state index contributed by atoms with van der Waals surface area (Å²) in [5.41, 5.74) is 0.955. The molecule has 1 atom stereocenters. The molecule has 1 aromatic rings. The number of rotatable bonds is 6. The van der Waals surface area contributed by atoms with Crippen molar-refractivity contribution in [2.75, 3.05) is 0 Å². The van der Waals surface area contributed by atoms with Crippen LogP contribution < -0.4 is 0 Å². The Morgan fingerprint density at radius 3 is 2.19 bits per heavy atom. The van der Waals surface area contributed by atoms with Crippen LogP contribution in [0.5, 0.6) is 0 Å². The first-order valence-electron chi connectivity index (χ1n) is 5.78.